The maximum atomic E-state index is 12.5. The van der Waals surface area contributed by atoms with E-state index in [2.05, 4.69) is 17.2 Å². The van der Waals surface area contributed by atoms with E-state index in [1.165, 1.54) is 10.1 Å². The summed E-state index contributed by atoms with van der Waals surface area (Å²) in [6.07, 6.45) is 0. The van der Waals surface area contributed by atoms with Crippen molar-refractivity contribution in [2.24, 2.45) is 0 Å². The molecular formula is C20H21N3O2S. The van der Waals surface area contributed by atoms with Crippen LogP contribution in [0.2, 0.25) is 0 Å². The van der Waals surface area contributed by atoms with Gasteiger partial charge >= 0.3 is 0 Å². The highest BCUT2D eigenvalue weighted by Gasteiger charge is 2.12. The smallest absolute Gasteiger partial charge is 0.262 e. The molecule has 1 atom stereocenters. The summed E-state index contributed by atoms with van der Waals surface area (Å²) in [5.41, 5.74) is 2.11. The molecule has 0 radical (unpaired) electrons. The van der Waals surface area contributed by atoms with Crippen molar-refractivity contribution in [3.8, 4) is 0 Å². The zero-order chi connectivity index (χ0) is 18.7. The van der Waals surface area contributed by atoms with Gasteiger partial charge in [0.1, 0.15) is 0 Å². The molecule has 2 N–H and O–H groups in total. The Morgan fingerprint density at radius 1 is 1.23 bits per heavy atom. The number of nitrogens with zero attached hydrogens (tertiary/aromatic N) is 1. The normalized spacial score (nSPS) is 12.1. The number of aromatic amines is 1. The fourth-order valence-electron chi connectivity index (χ4n) is 2.93. The van der Waals surface area contributed by atoms with E-state index in [0.29, 0.717) is 34.3 Å². The summed E-state index contributed by atoms with van der Waals surface area (Å²) < 4.78 is 1.86. The van der Waals surface area contributed by atoms with Crippen LogP contribution in [-0.4, -0.2) is 22.0 Å². The van der Waals surface area contributed by atoms with Gasteiger partial charge in [-0.05, 0) is 48.8 Å². The fraction of sp³-hybridized carbons (Fsp3) is 0.250. The maximum absolute atomic E-state index is 12.5. The Bertz CT molecular complexity index is 1050. The molecule has 0 spiro atoms. The van der Waals surface area contributed by atoms with Crippen molar-refractivity contribution in [2.75, 3.05) is 6.54 Å². The number of aromatic nitrogens is 2. The number of amides is 1. The van der Waals surface area contributed by atoms with Crippen LogP contribution < -0.4 is 10.9 Å². The van der Waals surface area contributed by atoms with Crippen LogP contribution in [0.25, 0.3) is 10.9 Å². The van der Waals surface area contributed by atoms with Crippen molar-refractivity contribution >= 4 is 29.0 Å². The summed E-state index contributed by atoms with van der Waals surface area (Å²) in [5.74, 6) is 0.0387. The summed E-state index contributed by atoms with van der Waals surface area (Å²) in [6, 6.07) is 15.1. The first-order valence-electron chi connectivity index (χ1n) is 8.61. The molecule has 1 aromatic heterocycles. The molecular weight excluding hydrogens is 346 g/mol. The van der Waals surface area contributed by atoms with Gasteiger partial charge in [-0.2, -0.15) is 0 Å². The van der Waals surface area contributed by atoms with E-state index >= 15 is 0 Å². The van der Waals surface area contributed by atoms with Crippen molar-refractivity contribution < 1.29 is 4.79 Å². The molecule has 2 aromatic carbocycles. The minimum absolute atomic E-state index is 0.143. The third-order valence-corrected chi connectivity index (χ3v) is 4.82. The van der Waals surface area contributed by atoms with E-state index in [1.807, 2.05) is 37.3 Å². The van der Waals surface area contributed by atoms with Crippen molar-refractivity contribution in [1.82, 2.24) is 14.9 Å². The topological polar surface area (TPSA) is 66.9 Å². The molecule has 1 heterocycles. The first kappa shape index (κ1) is 18.1. The molecule has 1 amide bonds. The molecule has 6 heteroatoms. The lowest BCUT2D eigenvalue weighted by molar-refractivity contribution is 0.0952. The summed E-state index contributed by atoms with van der Waals surface area (Å²) in [7, 11) is 0. The number of carbonyl (C=O) groups excluding carboxylic acids is 1. The predicted molar refractivity (Wildman–Crippen MR) is 106 cm³/mol. The van der Waals surface area contributed by atoms with Gasteiger partial charge in [-0.15, -0.1) is 0 Å². The average Bonchev–Trinajstić information content (AvgIpc) is 2.66. The third kappa shape index (κ3) is 3.60. The zero-order valence-electron chi connectivity index (χ0n) is 14.8. The average molecular weight is 367 g/mol. The first-order valence-corrected chi connectivity index (χ1v) is 9.02. The van der Waals surface area contributed by atoms with Crippen LogP contribution in [0.1, 0.15) is 35.7 Å². The summed E-state index contributed by atoms with van der Waals surface area (Å²) in [6.45, 7) is 4.98. The molecule has 0 bridgehead atoms. The van der Waals surface area contributed by atoms with Gasteiger partial charge in [0, 0.05) is 18.7 Å². The maximum Gasteiger partial charge on any atom is 0.262 e. The molecule has 0 aliphatic rings. The minimum Gasteiger partial charge on any atom is -0.351 e. The van der Waals surface area contributed by atoms with E-state index in [0.717, 1.165) is 0 Å². The van der Waals surface area contributed by atoms with Gasteiger partial charge < -0.3 is 10.3 Å². The summed E-state index contributed by atoms with van der Waals surface area (Å²) in [4.78, 5) is 27.9. The van der Waals surface area contributed by atoms with Gasteiger partial charge in [-0.1, -0.05) is 37.3 Å². The van der Waals surface area contributed by atoms with Gasteiger partial charge in [-0.3, -0.25) is 14.2 Å². The number of nitrogens with one attached hydrogen (secondary N) is 2. The Balaban J connectivity index is 1.81. The van der Waals surface area contributed by atoms with Crippen LogP contribution in [0.3, 0.4) is 0 Å². The highest BCUT2D eigenvalue weighted by atomic mass is 32.1. The molecule has 0 fully saturated rings. The lowest BCUT2D eigenvalue weighted by Crippen LogP contribution is -2.27. The minimum atomic E-state index is -0.173. The lowest BCUT2D eigenvalue weighted by Gasteiger charge is -2.13. The van der Waals surface area contributed by atoms with Crippen molar-refractivity contribution in [3.05, 3.63) is 74.8 Å². The molecule has 0 saturated heterocycles. The van der Waals surface area contributed by atoms with Crippen molar-refractivity contribution in [2.45, 2.75) is 26.3 Å². The van der Waals surface area contributed by atoms with E-state index < -0.39 is 0 Å². The van der Waals surface area contributed by atoms with Crippen LogP contribution >= 0.6 is 12.2 Å². The summed E-state index contributed by atoms with van der Waals surface area (Å²) in [5, 5.41) is 3.47. The fourth-order valence-corrected chi connectivity index (χ4v) is 3.25. The zero-order valence-corrected chi connectivity index (χ0v) is 15.6. The van der Waals surface area contributed by atoms with Crippen LogP contribution in [0.15, 0.2) is 53.3 Å². The van der Waals surface area contributed by atoms with Gasteiger partial charge in [0.15, 0.2) is 4.77 Å². The molecule has 5 nitrogen and oxygen atoms in total. The van der Waals surface area contributed by atoms with E-state index in [4.69, 9.17) is 12.2 Å². The predicted octanol–water partition coefficient (Wildman–Crippen LogP) is 3.61. The second-order valence-corrected chi connectivity index (χ2v) is 6.65. The number of rotatable bonds is 5. The number of H-pyrrole nitrogens is 1. The molecule has 1 unspecified atom stereocenters. The first-order chi connectivity index (χ1) is 12.5. The standard InChI is InChI=1S/C20H21N3O2S/c1-3-23-19(25)16-10-9-15(11-17(16)22-20(23)26)18(24)21-12-13(2)14-7-5-4-6-8-14/h4-11,13H,3,12H2,1-2H3,(H,21,24)(H,22,26). The molecule has 3 rings (SSSR count). The van der Waals surface area contributed by atoms with Crippen LogP contribution in [-0.2, 0) is 6.54 Å². The molecule has 0 saturated carbocycles. The quantitative estimate of drug-likeness (QED) is 0.677. The SMILES string of the molecule is CCn1c(=S)[nH]c2cc(C(=O)NCC(C)c3ccccc3)ccc2c1=O. The van der Waals surface area contributed by atoms with E-state index in [1.54, 1.807) is 18.2 Å². The molecule has 0 aliphatic carbocycles. The number of hydrogen-bond donors (Lipinski definition) is 2. The van der Waals surface area contributed by atoms with Gasteiger partial charge in [0.2, 0.25) is 0 Å². The Labute approximate surface area is 156 Å². The van der Waals surface area contributed by atoms with Gasteiger partial charge in [0.05, 0.1) is 10.9 Å². The van der Waals surface area contributed by atoms with E-state index in [-0.39, 0.29) is 17.4 Å². The number of fused-ring (bicyclic) bond motifs is 1. The number of hydrogen-bond acceptors (Lipinski definition) is 3. The van der Waals surface area contributed by atoms with Crippen LogP contribution in [0.4, 0.5) is 0 Å². The van der Waals surface area contributed by atoms with E-state index in [9.17, 15) is 9.59 Å². The molecule has 3 aromatic rings. The Hall–Kier alpha value is -2.73. The highest BCUT2D eigenvalue weighted by molar-refractivity contribution is 7.71. The van der Waals surface area contributed by atoms with Gasteiger partial charge in [-0.25, -0.2) is 0 Å². The largest absolute Gasteiger partial charge is 0.351 e. The number of benzene rings is 2. The molecule has 0 aliphatic heterocycles. The third-order valence-electron chi connectivity index (χ3n) is 4.50. The Kier molecular flexibility index (Phi) is 5.32. The second kappa shape index (κ2) is 7.66. The summed E-state index contributed by atoms with van der Waals surface area (Å²) >= 11 is 5.22. The number of carbonyl (C=O) groups is 1. The second-order valence-electron chi connectivity index (χ2n) is 6.26. The Morgan fingerprint density at radius 2 is 1.96 bits per heavy atom. The van der Waals surface area contributed by atoms with Gasteiger partial charge in [0.25, 0.3) is 11.5 Å². The van der Waals surface area contributed by atoms with Crippen molar-refractivity contribution in [1.29, 1.82) is 0 Å². The Morgan fingerprint density at radius 3 is 2.65 bits per heavy atom. The molecule has 26 heavy (non-hydrogen) atoms. The highest BCUT2D eigenvalue weighted by Crippen LogP contribution is 2.14. The van der Waals surface area contributed by atoms with Crippen molar-refractivity contribution in [3.63, 3.8) is 0 Å². The molecule has 134 valence electrons. The van der Waals surface area contributed by atoms with Crippen LogP contribution in [0, 0.1) is 4.77 Å². The lowest BCUT2D eigenvalue weighted by atomic mass is 10.0. The van der Waals surface area contributed by atoms with Crippen LogP contribution in [0.5, 0.6) is 0 Å². The monoisotopic (exact) mass is 367 g/mol.